The highest BCUT2D eigenvalue weighted by molar-refractivity contribution is 5.79. The molecule has 1 N–H and O–H groups in total. The van der Waals surface area contributed by atoms with Crippen molar-refractivity contribution in [3.8, 4) is 17.3 Å². The van der Waals surface area contributed by atoms with Crippen LogP contribution < -0.4 is 0 Å². The maximum absolute atomic E-state index is 12.9. The summed E-state index contributed by atoms with van der Waals surface area (Å²) < 4.78 is 2.25. The molecular weight excluding hydrogens is 412 g/mol. The fourth-order valence-corrected chi connectivity index (χ4v) is 4.83. The van der Waals surface area contributed by atoms with Crippen LogP contribution >= 0.6 is 0 Å². The van der Waals surface area contributed by atoms with Crippen molar-refractivity contribution in [1.82, 2.24) is 24.6 Å². The second-order valence-corrected chi connectivity index (χ2v) is 8.86. The largest absolute Gasteiger partial charge is 0.346 e. The number of carbonyl (C=O) groups is 1. The van der Waals surface area contributed by atoms with E-state index in [1.165, 1.54) is 0 Å². The van der Waals surface area contributed by atoms with Crippen molar-refractivity contribution in [2.24, 2.45) is 5.92 Å². The predicted molar refractivity (Wildman–Crippen MR) is 126 cm³/mol. The number of aryl methyl sites for hydroxylation is 1. The minimum Gasteiger partial charge on any atom is -0.346 e. The SMILES string of the molecule is C[C@@H]1C[C@@H](Cn2ccc3nc(-c4cn[nH]c4)ccc32)CN1C(=O)CCc1ccc(C#N)cc1. The normalized spacial score (nSPS) is 18.0. The molecule has 2 atom stereocenters. The Morgan fingerprint density at radius 1 is 1.21 bits per heavy atom. The van der Waals surface area contributed by atoms with Crippen molar-refractivity contribution in [2.45, 2.75) is 38.8 Å². The molecule has 5 rings (SSSR count). The van der Waals surface area contributed by atoms with Crippen molar-refractivity contribution >= 4 is 16.9 Å². The van der Waals surface area contributed by atoms with Gasteiger partial charge in [-0.05, 0) is 61.6 Å². The van der Waals surface area contributed by atoms with Gasteiger partial charge in [-0.15, -0.1) is 0 Å². The van der Waals surface area contributed by atoms with Gasteiger partial charge in [0.25, 0.3) is 0 Å². The Morgan fingerprint density at radius 2 is 2.06 bits per heavy atom. The third kappa shape index (κ3) is 4.37. The van der Waals surface area contributed by atoms with Crippen LogP contribution in [0.15, 0.2) is 61.1 Å². The quantitative estimate of drug-likeness (QED) is 0.489. The minimum absolute atomic E-state index is 0.207. The number of H-pyrrole nitrogens is 1. The van der Waals surface area contributed by atoms with Crippen LogP contribution in [0.2, 0.25) is 0 Å². The number of nitrogens with one attached hydrogen (secondary N) is 1. The third-order valence-electron chi connectivity index (χ3n) is 6.57. The van der Waals surface area contributed by atoms with E-state index in [1.807, 2.05) is 41.4 Å². The average molecular weight is 439 g/mol. The summed E-state index contributed by atoms with van der Waals surface area (Å²) in [6, 6.07) is 16.1. The third-order valence-corrected chi connectivity index (χ3v) is 6.57. The molecule has 1 amide bonds. The predicted octanol–water partition coefficient (Wildman–Crippen LogP) is 4.17. The average Bonchev–Trinajstić information content (AvgIpc) is 3.58. The van der Waals surface area contributed by atoms with Gasteiger partial charge >= 0.3 is 0 Å². The molecule has 33 heavy (non-hydrogen) atoms. The van der Waals surface area contributed by atoms with Crippen molar-refractivity contribution in [2.75, 3.05) is 6.54 Å². The number of nitriles is 1. The van der Waals surface area contributed by atoms with E-state index in [0.29, 0.717) is 24.3 Å². The van der Waals surface area contributed by atoms with Crippen LogP contribution in [0, 0.1) is 17.2 Å². The van der Waals surface area contributed by atoms with Gasteiger partial charge in [-0.25, -0.2) is 4.98 Å². The van der Waals surface area contributed by atoms with Gasteiger partial charge in [-0.1, -0.05) is 12.1 Å². The first-order valence-electron chi connectivity index (χ1n) is 11.3. The lowest BCUT2D eigenvalue weighted by Gasteiger charge is -2.21. The molecule has 3 aromatic heterocycles. The zero-order valence-corrected chi connectivity index (χ0v) is 18.6. The number of hydrogen-bond acceptors (Lipinski definition) is 4. The van der Waals surface area contributed by atoms with Crippen LogP contribution in [0.5, 0.6) is 0 Å². The lowest BCUT2D eigenvalue weighted by atomic mass is 10.1. The van der Waals surface area contributed by atoms with Crippen molar-refractivity contribution in [3.05, 3.63) is 72.2 Å². The van der Waals surface area contributed by atoms with Gasteiger partial charge in [0.2, 0.25) is 5.91 Å². The molecule has 166 valence electrons. The number of hydrogen-bond donors (Lipinski definition) is 1. The van der Waals surface area contributed by atoms with Crippen molar-refractivity contribution in [1.29, 1.82) is 5.26 Å². The molecule has 1 saturated heterocycles. The minimum atomic E-state index is 0.207. The molecular formula is C26H26N6O. The summed E-state index contributed by atoms with van der Waals surface area (Å²) in [5.41, 5.74) is 5.70. The van der Waals surface area contributed by atoms with Crippen LogP contribution in [-0.2, 0) is 17.8 Å². The number of rotatable bonds is 6. The molecule has 1 aliphatic rings. The van der Waals surface area contributed by atoms with Gasteiger partial charge < -0.3 is 9.47 Å². The number of aromatic amines is 1. The monoisotopic (exact) mass is 438 g/mol. The topological polar surface area (TPSA) is 90.6 Å². The number of pyridine rings is 1. The number of benzene rings is 1. The van der Waals surface area contributed by atoms with Crippen LogP contribution in [-0.4, -0.2) is 43.1 Å². The number of nitrogens with zero attached hydrogens (tertiary/aromatic N) is 5. The highest BCUT2D eigenvalue weighted by Crippen LogP contribution is 2.28. The maximum Gasteiger partial charge on any atom is 0.223 e. The number of amides is 1. The number of fused-ring (bicyclic) bond motifs is 1. The number of carbonyl (C=O) groups excluding carboxylic acids is 1. The van der Waals surface area contributed by atoms with Gasteiger partial charge in [0.05, 0.1) is 34.6 Å². The molecule has 1 aliphatic heterocycles. The van der Waals surface area contributed by atoms with Crippen LogP contribution in [0.4, 0.5) is 0 Å². The Bertz CT molecular complexity index is 1300. The zero-order valence-electron chi connectivity index (χ0n) is 18.6. The smallest absolute Gasteiger partial charge is 0.223 e. The second kappa shape index (κ2) is 8.91. The standard InChI is InChI=1S/C26H26N6O/c1-18-12-21(17-32(18)26(33)9-6-19-2-4-20(13-27)5-3-19)16-31-11-10-24-25(31)8-7-23(30-24)22-14-28-29-15-22/h2-5,7-8,10-11,14-15,18,21H,6,9,12,16-17H2,1H3,(H,28,29)/t18-,21+/m1/s1. The van der Waals surface area contributed by atoms with Crippen LogP contribution in [0.25, 0.3) is 22.3 Å². The number of aromatic nitrogens is 4. The summed E-state index contributed by atoms with van der Waals surface area (Å²) >= 11 is 0. The molecule has 0 spiro atoms. The molecule has 0 radical (unpaired) electrons. The maximum atomic E-state index is 12.9. The highest BCUT2D eigenvalue weighted by atomic mass is 16.2. The van der Waals surface area contributed by atoms with Gasteiger partial charge in [0.1, 0.15) is 0 Å². The highest BCUT2D eigenvalue weighted by Gasteiger charge is 2.32. The lowest BCUT2D eigenvalue weighted by Crippen LogP contribution is -2.34. The molecule has 7 heteroatoms. The summed E-state index contributed by atoms with van der Waals surface area (Å²) in [6.45, 7) is 3.81. The molecule has 0 aliphatic carbocycles. The fraction of sp³-hybridized carbons (Fsp3) is 0.308. The summed E-state index contributed by atoms with van der Waals surface area (Å²) in [5, 5.41) is 15.8. The molecule has 4 aromatic rings. The summed E-state index contributed by atoms with van der Waals surface area (Å²) in [4.78, 5) is 19.7. The Kier molecular flexibility index (Phi) is 5.66. The molecule has 0 saturated carbocycles. The summed E-state index contributed by atoms with van der Waals surface area (Å²) in [5.74, 6) is 0.626. The fourth-order valence-electron chi connectivity index (χ4n) is 4.83. The van der Waals surface area contributed by atoms with Gasteiger partial charge in [-0.2, -0.15) is 10.4 Å². The Balaban J connectivity index is 1.21. The van der Waals surface area contributed by atoms with E-state index in [2.05, 4.69) is 46.1 Å². The van der Waals surface area contributed by atoms with E-state index in [1.54, 1.807) is 6.20 Å². The molecule has 0 bridgehead atoms. The van der Waals surface area contributed by atoms with E-state index in [4.69, 9.17) is 10.2 Å². The van der Waals surface area contributed by atoms with Gasteiger partial charge in [-0.3, -0.25) is 9.89 Å². The van der Waals surface area contributed by atoms with Crippen molar-refractivity contribution < 1.29 is 4.79 Å². The first-order chi connectivity index (χ1) is 16.1. The van der Waals surface area contributed by atoms with Gasteiger partial charge in [0, 0.05) is 43.5 Å². The molecule has 7 nitrogen and oxygen atoms in total. The Labute approximate surface area is 192 Å². The van der Waals surface area contributed by atoms with E-state index >= 15 is 0 Å². The first-order valence-corrected chi connectivity index (χ1v) is 11.3. The van der Waals surface area contributed by atoms with Crippen LogP contribution in [0.3, 0.4) is 0 Å². The van der Waals surface area contributed by atoms with E-state index in [0.717, 1.165) is 47.4 Å². The second-order valence-electron chi connectivity index (χ2n) is 8.86. The summed E-state index contributed by atoms with van der Waals surface area (Å²) in [7, 11) is 0. The molecule has 1 fully saturated rings. The van der Waals surface area contributed by atoms with Gasteiger partial charge in [0.15, 0.2) is 0 Å². The van der Waals surface area contributed by atoms with Crippen LogP contribution in [0.1, 0.15) is 30.9 Å². The summed E-state index contributed by atoms with van der Waals surface area (Å²) in [6.07, 6.45) is 7.91. The zero-order chi connectivity index (χ0) is 22.8. The Morgan fingerprint density at radius 3 is 2.82 bits per heavy atom. The lowest BCUT2D eigenvalue weighted by molar-refractivity contribution is -0.131. The Hall–Kier alpha value is -3.92. The number of likely N-dealkylation sites (tertiary alicyclic amines) is 1. The molecule has 4 heterocycles. The van der Waals surface area contributed by atoms with E-state index in [9.17, 15) is 4.79 Å². The van der Waals surface area contributed by atoms with E-state index < -0.39 is 0 Å². The molecule has 1 aromatic carbocycles. The first kappa shape index (κ1) is 21.0. The molecule has 0 unspecified atom stereocenters. The van der Waals surface area contributed by atoms with E-state index in [-0.39, 0.29) is 11.9 Å². The van der Waals surface area contributed by atoms with Crippen molar-refractivity contribution in [3.63, 3.8) is 0 Å².